The third-order valence-electron chi connectivity index (χ3n) is 3.15. The van der Waals surface area contributed by atoms with Gasteiger partial charge in [0.25, 0.3) is 0 Å². The summed E-state index contributed by atoms with van der Waals surface area (Å²) in [6, 6.07) is 15.4. The van der Waals surface area contributed by atoms with E-state index in [1.807, 2.05) is 6.92 Å². The normalized spacial score (nSPS) is 12.3. The van der Waals surface area contributed by atoms with Crippen molar-refractivity contribution in [1.82, 2.24) is 5.32 Å². The van der Waals surface area contributed by atoms with E-state index in [2.05, 4.69) is 0 Å². The van der Waals surface area contributed by atoms with Crippen LogP contribution in [0.4, 0.5) is 18.0 Å². The van der Waals surface area contributed by atoms with Gasteiger partial charge in [-0.3, -0.25) is 5.32 Å². The van der Waals surface area contributed by atoms with Crippen LogP contribution in [-0.4, -0.2) is 12.3 Å². The number of benzene rings is 2. The highest BCUT2D eigenvalue weighted by Crippen LogP contribution is 2.37. The van der Waals surface area contributed by atoms with Crippen LogP contribution in [0.2, 0.25) is 0 Å². The van der Waals surface area contributed by atoms with E-state index in [4.69, 9.17) is 16.3 Å². The molecule has 1 N–H and O–H groups in total. The second kappa shape index (κ2) is 9.00. The smallest absolute Gasteiger partial charge is 0.433 e. The lowest BCUT2D eigenvalue weighted by atomic mass is 10.2. The Kier molecular flexibility index (Phi) is 6.99. The molecule has 0 aliphatic rings. The number of amides is 1. The number of hydrogen-bond acceptors (Lipinski definition) is 3. The average molecular weight is 402 g/mol. The second-order valence-electron chi connectivity index (χ2n) is 5.25. The van der Waals surface area contributed by atoms with Gasteiger partial charge in [-0.1, -0.05) is 71.4 Å². The number of hydrogen-bond donors (Lipinski definition) is 1. The maximum Gasteiger partial charge on any atom is 0.433 e. The molecule has 2 rings (SSSR count). The van der Waals surface area contributed by atoms with Gasteiger partial charge in [-0.2, -0.15) is 13.2 Å². The predicted molar refractivity (Wildman–Crippen MR) is 95.7 cm³/mol. The topological polar surface area (TPSA) is 38.3 Å². The van der Waals surface area contributed by atoms with Crippen LogP contribution in [0.15, 0.2) is 69.6 Å². The Morgan fingerprint density at radius 3 is 2.31 bits per heavy atom. The highest BCUT2D eigenvalue weighted by Gasteiger charge is 2.38. The Bertz CT molecular complexity index is 777. The van der Waals surface area contributed by atoms with Crippen LogP contribution in [0, 0.1) is 6.92 Å². The molecule has 0 spiro atoms. The zero-order valence-electron chi connectivity index (χ0n) is 13.6. The minimum Gasteiger partial charge on any atom is -0.444 e. The standard InChI is InChI=1S/C18H15ClF3NO2S/c1-12-7-9-14(10-8-12)26-16(19)15(18(20,21)22)23-17(24)25-11-13-5-3-2-4-6-13/h2-10H,11H2,1H3,(H,23,24)/b16-15+. The molecule has 2 aromatic carbocycles. The van der Waals surface area contributed by atoms with Gasteiger partial charge in [0.1, 0.15) is 11.0 Å². The minimum atomic E-state index is -4.83. The number of alkyl carbamates (subject to hydrolysis) is 1. The molecule has 3 nitrogen and oxygen atoms in total. The average Bonchev–Trinajstić information content (AvgIpc) is 2.59. The number of nitrogens with one attached hydrogen (secondary N) is 1. The van der Waals surface area contributed by atoms with Crippen molar-refractivity contribution in [1.29, 1.82) is 0 Å². The maximum atomic E-state index is 13.2. The lowest BCUT2D eigenvalue weighted by Crippen LogP contribution is -2.32. The van der Waals surface area contributed by atoms with Gasteiger partial charge in [-0.05, 0) is 24.6 Å². The molecule has 0 unspecified atom stereocenters. The summed E-state index contributed by atoms with van der Waals surface area (Å²) in [5, 5.41) is 1.70. The van der Waals surface area contributed by atoms with Gasteiger partial charge >= 0.3 is 12.3 Å². The maximum absolute atomic E-state index is 13.2. The fourth-order valence-electron chi connectivity index (χ4n) is 1.85. The van der Waals surface area contributed by atoms with Crippen molar-refractivity contribution < 1.29 is 22.7 Å². The lowest BCUT2D eigenvalue weighted by molar-refractivity contribution is -0.0963. The first-order valence-electron chi connectivity index (χ1n) is 7.45. The molecule has 138 valence electrons. The summed E-state index contributed by atoms with van der Waals surface area (Å²) in [5.41, 5.74) is 0.260. The molecule has 2 aromatic rings. The summed E-state index contributed by atoms with van der Waals surface area (Å²) in [4.78, 5) is 12.3. The molecular formula is C18H15ClF3NO2S. The van der Waals surface area contributed by atoms with Gasteiger partial charge in [0.2, 0.25) is 0 Å². The number of carbonyl (C=O) groups is 1. The molecule has 0 heterocycles. The number of ether oxygens (including phenoxy) is 1. The van der Waals surface area contributed by atoms with Gasteiger partial charge in [-0.15, -0.1) is 0 Å². The monoisotopic (exact) mass is 401 g/mol. The molecule has 0 radical (unpaired) electrons. The number of halogens is 4. The van der Waals surface area contributed by atoms with E-state index in [0.29, 0.717) is 22.2 Å². The zero-order chi connectivity index (χ0) is 19.2. The molecule has 0 bridgehead atoms. The van der Waals surface area contributed by atoms with Gasteiger partial charge in [0.15, 0.2) is 5.70 Å². The third kappa shape index (κ3) is 6.31. The Hall–Kier alpha value is -2.12. The predicted octanol–water partition coefficient (Wildman–Crippen LogP) is 5.98. The van der Waals surface area contributed by atoms with Crippen LogP contribution in [0.3, 0.4) is 0 Å². The van der Waals surface area contributed by atoms with Crippen molar-refractivity contribution in [2.75, 3.05) is 0 Å². The summed E-state index contributed by atoms with van der Waals surface area (Å²) in [6.45, 7) is 1.71. The van der Waals surface area contributed by atoms with E-state index in [9.17, 15) is 18.0 Å². The molecule has 0 saturated carbocycles. The highest BCUT2D eigenvalue weighted by molar-refractivity contribution is 8.04. The summed E-state index contributed by atoms with van der Waals surface area (Å²) in [5.74, 6) is 0. The van der Waals surface area contributed by atoms with E-state index < -0.39 is 22.3 Å². The SMILES string of the molecule is Cc1ccc(S/C(Cl)=C(/NC(=O)OCc2ccccc2)C(F)(F)F)cc1. The first-order valence-corrected chi connectivity index (χ1v) is 8.64. The Morgan fingerprint density at radius 2 is 1.73 bits per heavy atom. The fourth-order valence-corrected chi connectivity index (χ4v) is 3.02. The van der Waals surface area contributed by atoms with E-state index in [1.54, 1.807) is 59.9 Å². The molecule has 0 aliphatic heterocycles. The molecule has 0 saturated heterocycles. The Balaban J connectivity index is 2.08. The minimum absolute atomic E-state index is 0.152. The number of allylic oxidation sites excluding steroid dienone is 1. The van der Waals surface area contributed by atoms with Crippen LogP contribution in [-0.2, 0) is 11.3 Å². The summed E-state index contributed by atoms with van der Waals surface area (Å²) in [7, 11) is 0. The molecule has 0 atom stereocenters. The summed E-state index contributed by atoms with van der Waals surface area (Å²) in [6.07, 6.45) is -6.07. The Labute approximate surface area is 158 Å². The quantitative estimate of drug-likeness (QED) is 0.626. The Morgan fingerprint density at radius 1 is 1.12 bits per heavy atom. The van der Waals surface area contributed by atoms with Crippen LogP contribution in [0.5, 0.6) is 0 Å². The van der Waals surface area contributed by atoms with E-state index in [1.165, 1.54) is 0 Å². The third-order valence-corrected chi connectivity index (χ3v) is 4.46. The number of aryl methyl sites for hydroxylation is 1. The number of thioether (sulfide) groups is 1. The number of rotatable bonds is 5. The molecule has 1 amide bonds. The lowest BCUT2D eigenvalue weighted by Gasteiger charge is -2.15. The molecule has 8 heteroatoms. The first-order chi connectivity index (χ1) is 12.3. The first kappa shape index (κ1) is 20.2. The molecule has 0 aliphatic carbocycles. The van der Waals surface area contributed by atoms with E-state index >= 15 is 0 Å². The van der Waals surface area contributed by atoms with E-state index in [0.717, 1.165) is 5.56 Å². The molecule has 0 aromatic heterocycles. The number of alkyl halides is 3. The van der Waals surface area contributed by atoms with Crippen molar-refractivity contribution in [3.05, 3.63) is 75.8 Å². The van der Waals surface area contributed by atoms with Crippen LogP contribution in [0.1, 0.15) is 11.1 Å². The summed E-state index contributed by atoms with van der Waals surface area (Å²) >= 11 is 6.52. The summed E-state index contributed by atoms with van der Waals surface area (Å²) < 4.78 is 43.9. The van der Waals surface area contributed by atoms with Crippen molar-refractivity contribution >= 4 is 29.5 Å². The van der Waals surface area contributed by atoms with Gasteiger partial charge in [-0.25, -0.2) is 4.79 Å². The van der Waals surface area contributed by atoms with Crippen LogP contribution in [0.25, 0.3) is 0 Å². The van der Waals surface area contributed by atoms with Crippen molar-refractivity contribution in [3.8, 4) is 0 Å². The molecule has 26 heavy (non-hydrogen) atoms. The zero-order valence-corrected chi connectivity index (χ0v) is 15.2. The van der Waals surface area contributed by atoms with Crippen LogP contribution < -0.4 is 5.32 Å². The molecule has 0 fully saturated rings. The van der Waals surface area contributed by atoms with Gasteiger partial charge < -0.3 is 4.74 Å². The van der Waals surface area contributed by atoms with Crippen molar-refractivity contribution in [2.45, 2.75) is 24.6 Å². The highest BCUT2D eigenvalue weighted by atomic mass is 35.5. The van der Waals surface area contributed by atoms with Crippen molar-refractivity contribution in [2.24, 2.45) is 0 Å². The fraction of sp³-hybridized carbons (Fsp3) is 0.167. The number of carbonyl (C=O) groups excluding carboxylic acids is 1. The van der Waals surface area contributed by atoms with Gasteiger partial charge in [0, 0.05) is 4.90 Å². The molecular weight excluding hydrogens is 387 g/mol. The van der Waals surface area contributed by atoms with Crippen molar-refractivity contribution in [3.63, 3.8) is 0 Å². The van der Waals surface area contributed by atoms with E-state index in [-0.39, 0.29) is 6.61 Å². The second-order valence-corrected chi connectivity index (χ2v) is 6.93. The van der Waals surface area contributed by atoms with Gasteiger partial charge in [0.05, 0.1) is 0 Å². The largest absolute Gasteiger partial charge is 0.444 e. The van der Waals surface area contributed by atoms with Crippen LogP contribution >= 0.6 is 23.4 Å².